The van der Waals surface area contributed by atoms with Crippen molar-refractivity contribution in [1.29, 1.82) is 0 Å². The fraction of sp³-hybridized carbons (Fsp3) is 0.571. The number of hydrogen-bond donors (Lipinski definition) is 0. The van der Waals surface area contributed by atoms with Crippen LogP contribution >= 0.6 is 0 Å². The summed E-state index contributed by atoms with van der Waals surface area (Å²) in [4.78, 5) is 10.5. The number of carbonyl (C=O) groups is 1. The summed E-state index contributed by atoms with van der Waals surface area (Å²) in [5, 5.41) is 0. The quantitative estimate of drug-likeness (QED) is 0.409. The maximum absolute atomic E-state index is 10.5. The van der Waals surface area contributed by atoms with Crippen molar-refractivity contribution in [3.63, 3.8) is 0 Å². The molecule has 0 N–H and O–H groups in total. The van der Waals surface area contributed by atoms with Crippen LogP contribution < -0.4 is 0 Å². The topological polar surface area (TPSA) is 35.5 Å². The molecule has 2 unspecified atom stereocenters. The van der Waals surface area contributed by atoms with Gasteiger partial charge in [-0.2, -0.15) is 0 Å². The highest BCUT2D eigenvalue weighted by Crippen LogP contribution is 2.15. The number of rotatable bonds is 1. The molecule has 1 fully saturated rings. The summed E-state index contributed by atoms with van der Waals surface area (Å²) in [6, 6.07) is 0. The average Bonchev–Trinajstić information content (AvgIpc) is 1.88. The lowest BCUT2D eigenvalue weighted by molar-refractivity contribution is -0.0380. The van der Waals surface area contributed by atoms with E-state index in [1.807, 2.05) is 6.92 Å². The maximum atomic E-state index is 10.5. The minimum Gasteiger partial charge on any atom is -0.434 e. The van der Waals surface area contributed by atoms with Crippen molar-refractivity contribution in [1.82, 2.24) is 0 Å². The third-order valence-electron chi connectivity index (χ3n) is 1.58. The van der Waals surface area contributed by atoms with Crippen LogP contribution in [-0.2, 0) is 9.47 Å². The van der Waals surface area contributed by atoms with Crippen molar-refractivity contribution in [3.05, 3.63) is 12.7 Å². The highest BCUT2D eigenvalue weighted by molar-refractivity contribution is 5.60. The molecule has 0 aliphatic carbocycles. The molecule has 2 atom stereocenters. The van der Waals surface area contributed by atoms with E-state index in [-0.39, 0.29) is 12.0 Å². The maximum Gasteiger partial charge on any atom is 0.508 e. The molecular weight excluding hydrogens is 132 g/mol. The largest absolute Gasteiger partial charge is 0.508 e. The first-order valence-electron chi connectivity index (χ1n) is 3.20. The molecule has 1 aliphatic rings. The van der Waals surface area contributed by atoms with Gasteiger partial charge >= 0.3 is 6.16 Å². The van der Waals surface area contributed by atoms with E-state index in [0.717, 1.165) is 0 Å². The Labute approximate surface area is 59.6 Å². The van der Waals surface area contributed by atoms with Gasteiger partial charge in [0.2, 0.25) is 0 Å². The zero-order valence-corrected chi connectivity index (χ0v) is 5.87. The van der Waals surface area contributed by atoms with Gasteiger partial charge in [-0.05, 0) is 6.92 Å². The molecule has 1 rings (SSSR count). The van der Waals surface area contributed by atoms with Crippen molar-refractivity contribution >= 4 is 6.16 Å². The zero-order chi connectivity index (χ0) is 7.56. The van der Waals surface area contributed by atoms with Crippen molar-refractivity contribution in [2.75, 3.05) is 6.61 Å². The van der Waals surface area contributed by atoms with E-state index in [0.29, 0.717) is 6.61 Å². The van der Waals surface area contributed by atoms with Crippen LogP contribution in [0.25, 0.3) is 0 Å². The Morgan fingerprint density at radius 3 is 3.00 bits per heavy atom. The molecule has 3 nitrogen and oxygen atoms in total. The van der Waals surface area contributed by atoms with E-state index in [4.69, 9.17) is 4.74 Å². The second kappa shape index (κ2) is 2.73. The molecule has 1 saturated heterocycles. The van der Waals surface area contributed by atoms with Crippen LogP contribution in [0.2, 0.25) is 0 Å². The van der Waals surface area contributed by atoms with Crippen molar-refractivity contribution in [2.45, 2.75) is 13.0 Å². The Morgan fingerprint density at radius 2 is 2.50 bits per heavy atom. The molecule has 0 saturated carbocycles. The van der Waals surface area contributed by atoms with Crippen LogP contribution in [0.15, 0.2) is 12.7 Å². The summed E-state index contributed by atoms with van der Waals surface area (Å²) in [5.41, 5.74) is 0. The van der Waals surface area contributed by atoms with Gasteiger partial charge in [-0.1, -0.05) is 6.08 Å². The summed E-state index contributed by atoms with van der Waals surface area (Å²) in [6.45, 7) is 5.81. The Hall–Kier alpha value is -0.990. The summed E-state index contributed by atoms with van der Waals surface area (Å²) < 4.78 is 9.38. The van der Waals surface area contributed by atoms with E-state index >= 15 is 0 Å². The van der Waals surface area contributed by atoms with Crippen LogP contribution in [0.3, 0.4) is 0 Å². The molecule has 56 valence electrons. The van der Waals surface area contributed by atoms with Gasteiger partial charge in [0.1, 0.15) is 12.7 Å². The van der Waals surface area contributed by atoms with Crippen LogP contribution in [0, 0.1) is 5.92 Å². The molecule has 0 aromatic heterocycles. The molecule has 0 spiro atoms. The third kappa shape index (κ3) is 1.29. The molecule has 0 radical (unpaired) electrons. The van der Waals surface area contributed by atoms with Gasteiger partial charge in [0.05, 0.1) is 0 Å². The first kappa shape index (κ1) is 7.12. The van der Waals surface area contributed by atoms with Gasteiger partial charge < -0.3 is 9.47 Å². The minimum atomic E-state index is -0.578. The Balaban J connectivity index is 2.50. The van der Waals surface area contributed by atoms with Gasteiger partial charge in [-0.3, -0.25) is 0 Å². The van der Waals surface area contributed by atoms with Gasteiger partial charge in [0.15, 0.2) is 0 Å². The molecule has 0 aromatic rings. The van der Waals surface area contributed by atoms with E-state index in [1.165, 1.54) is 0 Å². The highest BCUT2D eigenvalue weighted by atomic mass is 16.7. The van der Waals surface area contributed by atoms with E-state index in [1.54, 1.807) is 6.08 Å². The second-order valence-corrected chi connectivity index (χ2v) is 2.28. The highest BCUT2D eigenvalue weighted by Gasteiger charge is 2.25. The van der Waals surface area contributed by atoms with Gasteiger partial charge in [0.25, 0.3) is 0 Å². The summed E-state index contributed by atoms with van der Waals surface area (Å²) >= 11 is 0. The fourth-order valence-corrected chi connectivity index (χ4v) is 0.833. The van der Waals surface area contributed by atoms with E-state index in [9.17, 15) is 4.79 Å². The molecule has 10 heavy (non-hydrogen) atoms. The lowest BCUT2D eigenvalue weighted by Crippen LogP contribution is -2.33. The third-order valence-corrected chi connectivity index (χ3v) is 1.58. The first-order valence-corrected chi connectivity index (χ1v) is 3.20. The predicted molar refractivity (Wildman–Crippen MR) is 35.6 cm³/mol. The SMILES string of the molecule is C=CC1COC(=O)OC1C. The number of carbonyl (C=O) groups excluding carboxylic acids is 1. The molecular formula is C7H10O3. The second-order valence-electron chi connectivity index (χ2n) is 2.28. The molecule has 1 heterocycles. The molecule has 3 heteroatoms. The molecule has 1 aliphatic heterocycles. The smallest absolute Gasteiger partial charge is 0.434 e. The van der Waals surface area contributed by atoms with Crippen molar-refractivity contribution < 1.29 is 14.3 Å². The monoisotopic (exact) mass is 142 g/mol. The van der Waals surface area contributed by atoms with Gasteiger partial charge in [-0.15, -0.1) is 6.58 Å². The van der Waals surface area contributed by atoms with Gasteiger partial charge in [0, 0.05) is 5.92 Å². The number of hydrogen-bond acceptors (Lipinski definition) is 3. The van der Waals surface area contributed by atoms with Crippen LogP contribution in [0.4, 0.5) is 4.79 Å². The molecule has 0 amide bonds. The first-order chi connectivity index (χ1) is 4.74. The molecule has 0 bridgehead atoms. The van der Waals surface area contributed by atoms with Crippen LogP contribution in [-0.4, -0.2) is 18.9 Å². The summed E-state index contributed by atoms with van der Waals surface area (Å²) in [6.07, 6.45) is 1.06. The predicted octanol–water partition coefficient (Wildman–Crippen LogP) is 1.34. The normalized spacial score (nSPS) is 32.3. The lowest BCUT2D eigenvalue weighted by Gasteiger charge is -2.25. The Morgan fingerprint density at radius 1 is 1.80 bits per heavy atom. The van der Waals surface area contributed by atoms with Crippen molar-refractivity contribution in [2.24, 2.45) is 5.92 Å². The number of cyclic esters (lactones) is 2. The Bertz CT molecular complexity index is 153. The van der Waals surface area contributed by atoms with Crippen molar-refractivity contribution in [3.8, 4) is 0 Å². The fourth-order valence-electron chi connectivity index (χ4n) is 0.833. The molecule has 0 aromatic carbocycles. The van der Waals surface area contributed by atoms with E-state index < -0.39 is 6.16 Å². The number of ether oxygens (including phenoxy) is 2. The summed E-state index contributed by atoms with van der Waals surface area (Å²) in [7, 11) is 0. The zero-order valence-electron chi connectivity index (χ0n) is 5.87. The minimum absolute atomic E-state index is 0.0984. The average molecular weight is 142 g/mol. The standard InChI is InChI=1S/C7H10O3/c1-3-6-4-9-7(8)10-5(6)2/h3,5-6H,1,4H2,2H3. The Kier molecular flexibility index (Phi) is 1.94. The van der Waals surface area contributed by atoms with E-state index in [2.05, 4.69) is 11.3 Å². The lowest BCUT2D eigenvalue weighted by atomic mass is 10.1. The van der Waals surface area contributed by atoms with Crippen LogP contribution in [0.1, 0.15) is 6.92 Å². The summed E-state index contributed by atoms with van der Waals surface area (Å²) in [5.74, 6) is 0.137. The van der Waals surface area contributed by atoms with Gasteiger partial charge in [-0.25, -0.2) is 4.79 Å². The van der Waals surface area contributed by atoms with Crippen LogP contribution in [0.5, 0.6) is 0 Å².